The first-order valence-electron chi connectivity index (χ1n) is 8.39. The maximum atomic E-state index is 11.9. The van der Waals surface area contributed by atoms with Crippen LogP contribution in [0.15, 0.2) is 0 Å². The largest absolute Gasteiger partial charge is 0.465 e. The minimum absolute atomic E-state index is 0. The van der Waals surface area contributed by atoms with Gasteiger partial charge in [0.15, 0.2) is 0 Å². The normalized spacial score (nSPS) is 28.9. The van der Waals surface area contributed by atoms with E-state index in [2.05, 4.69) is 25.9 Å². The molecule has 4 atom stereocenters. The first kappa shape index (κ1) is 20.8. The molecule has 1 aliphatic heterocycles. The lowest BCUT2D eigenvalue weighted by atomic mass is 9.69. The van der Waals surface area contributed by atoms with Crippen molar-refractivity contribution in [2.24, 2.45) is 17.8 Å². The zero-order valence-electron chi connectivity index (χ0n) is 14.0. The molecule has 0 amide bonds. The fourth-order valence-electron chi connectivity index (χ4n) is 3.97. The van der Waals surface area contributed by atoms with Crippen molar-refractivity contribution >= 4 is 18.4 Å². The summed E-state index contributed by atoms with van der Waals surface area (Å²) in [5, 5.41) is 17.4. The molecule has 138 valence electrons. The van der Waals surface area contributed by atoms with Gasteiger partial charge in [0.05, 0.1) is 6.61 Å². The number of aromatic amines is 1. The second-order valence-electron chi connectivity index (χ2n) is 6.53. The summed E-state index contributed by atoms with van der Waals surface area (Å²) in [7, 11) is 0. The van der Waals surface area contributed by atoms with E-state index in [0.29, 0.717) is 24.4 Å². The lowest BCUT2D eigenvalue weighted by molar-refractivity contribution is -0.147. The van der Waals surface area contributed by atoms with Gasteiger partial charge >= 0.3 is 5.97 Å². The number of nitrogens with zero attached hydrogens (tertiary/aromatic N) is 3. The summed E-state index contributed by atoms with van der Waals surface area (Å²) in [5.41, 5.74) is 0. The number of halogens is 1. The van der Waals surface area contributed by atoms with Gasteiger partial charge < -0.3 is 15.5 Å². The first-order chi connectivity index (χ1) is 10.8. The van der Waals surface area contributed by atoms with Gasteiger partial charge in [0, 0.05) is 6.42 Å². The Bertz CT molecular complexity index is 487. The van der Waals surface area contributed by atoms with E-state index in [-0.39, 0.29) is 29.9 Å². The predicted octanol–water partition coefficient (Wildman–Crippen LogP) is 0.687. The standard InChI is InChI=1S/C15H25N5O2.ClH.H2O/c1-2-22-15(21)13-8-12-7-10(3-5-11(12)9-16-13)4-6-14-17-19-20-18-14;;/h10-13,16H,2-9H2,1H3,(H,17,18,19,20);1H;1H2/t10-,11+,12-,13+;;/m1../s1. The molecule has 2 fully saturated rings. The summed E-state index contributed by atoms with van der Waals surface area (Å²) in [5.74, 6) is 2.86. The Kier molecular flexibility index (Phi) is 8.58. The van der Waals surface area contributed by atoms with Crippen LogP contribution in [0.1, 0.15) is 44.9 Å². The number of hydrogen-bond acceptors (Lipinski definition) is 6. The predicted molar refractivity (Wildman–Crippen MR) is 90.7 cm³/mol. The van der Waals surface area contributed by atoms with Gasteiger partial charge in [0.2, 0.25) is 0 Å². The number of aryl methyl sites for hydroxylation is 1. The maximum Gasteiger partial charge on any atom is 0.323 e. The van der Waals surface area contributed by atoms with Crippen LogP contribution in [0.5, 0.6) is 0 Å². The molecular formula is C15H28ClN5O3. The van der Waals surface area contributed by atoms with Crippen LogP contribution < -0.4 is 5.32 Å². The van der Waals surface area contributed by atoms with Crippen molar-refractivity contribution in [2.45, 2.75) is 51.5 Å². The molecule has 9 heteroatoms. The average Bonchev–Trinajstić information content (AvgIpc) is 3.06. The van der Waals surface area contributed by atoms with Crippen LogP contribution >= 0.6 is 12.4 Å². The zero-order chi connectivity index (χ0) is 15.4. The molecular weight excluding hydrogens is 334 g/mol. The van der Waals surface area contributed by atoms with E-state index in [9.17, 15) is 4.79 Å². The lowest BCUT2D eigenvalue weighted by Crippen LogP contribution is -2.50. The van der Waals surface area contributed by atoms with Crippen LogP contribution in [0.2, 0.25) is 0 Å². The van der Waals surface area contributed by atoms with Gasteiger partial charge in [-0.05, 0) is 67.3 Å². The minimum atomic E-state index is -0.113. The molecule has 3 rings (SSSR count). The molecule has 1 saturated carbocycles. The number of piperidine rings is 1. The molecule has 1 saturated heterocycles. The Balaban J connectivity index is 0.00000144. The topological polar surface area (TPSA) is 124 Å². The van der Waals surface area contributed by atoms with Gasteiger partial charge in [0.1, 0.15) is 11.9 Å². The molecule has 4 N–H and O–H groups in total. The molecule has 0 unspecified atom stereocenters. The summed E-state index contributed by atoms with van der Waals surface area (Å²) in [6, 6.07) is -0.113. The molecule has 0 radical (unpaired) electrons. The van der Waals surface area contributed by atoms with Crippen molar-refractivity contribution in [1.82, 2.24) is 25.9 Å². The van der Waals surface area contributed by atoms with Gasteiger partial charge in [-0.25, -0.2) is 5.10 Å². The molecule has 1 aromatic heterocycles. The number of carbonyl (C=O) groups is 1. The number of fused-ring (bicyclic) bond motifs is 1. The Morgan fingerprint density at radius 1 is 1.29 bits per heavy atom. The molecule has 1 aliphatic carbocycles. The van der Waals surface area contributed by atoms with E-state index in [1.54, 1.807) is 0 Å². The number of hydrogen-bond donors (Lipinski definition) is 2. The molecule has 0 bridgehead atoms. The highest BCUT2D eigenvalue weighted by molar-refractivity contribution is 5.85. The molecule has 24 heavy (non-hydrogen) atoms. The molecule has 0 aromatic carbocycles. The second kappa shape index (κ2) is 9.90. The van der Waals surface area contributed by atoms with Gasteiger partial charge in [-0.3, -0.25) is 4.79 Å². The van der Waals surface area contributed by atoms with E-state index in [4.69, 9.17) is 4.74 Å². The highest BCUT2D eigenvalue weighted by Gasteiger charge is 2.37. The van der Waals surface area contributed by atoms with Crippen LogP contribution in [0.25, 0.3) is 0 Å². The highest BCUT2D eigenvalue weighted by Crippen LogP contribution is 2.40. The number of tetrazole rings is 1. The quantitative estimate of drug-likeness (QED) is 0.743. The smallest absolute Gasteiger partial charge is 0.323 e. The fraction of sp³-hybridized carbons (Fsp3) is 0.867. The van der Waals surface area contributed by atoms with E-state index in [1.807, 2.05) is 6.92 Å². The van der Waals surface area contributed by atoms with Gasteiger partial charge in [-0.2, -0.15) is 0 Å². The fourth-order valence-corrected chi connectivity index (χ4v) is 3.97. The summed E-state index contributed by atoms with van der Waals surface area (Å²) >= 11 is 0. The van der Waals surface area contributed by atoms with Crippen LogP contribution in [-0.2, 0) is 16.0 Å². The number of nitrogens with one attached hydrogen (secondary N) is 2. The van der Waals surface area contributed by atoms with Crippen molar-refractivity contribution in [3.8, 4) is 0 Å². The number of H-pyrrole nitrogens is 1. The molecule has 0 spiro atoms. The number of carbonyl (C=O) groups excluding carboxylic acids is 1. The number of rotatable bonds is 5. The Morgan fingerprint density at radius 3 is 2.83 bits per heavy atom. The summed E-state index contributed by atoms with van der Waals surface area (Å²) in [6.07, 6.45) is 6.70. The first-order valence-corrected chi connectivity index (χ1v) is 8.39. The molecule has 8 nitrogen and oxygen atoms in total. The molecule has 2 heterocycles. The Labute approximate surface area is 148 Å². The Hall–Kier alpha value is -1.25. The van der Waals surface area contributed by atoms with Gasteiger partial charge in [-0.15, -0.1) is 17.5 Å². The second-order valence-corrected chi connectivity index (χ2v) is 6.53. The van der Waals surface area contributed by atoms with Crippen LogP contribution in [0.4, 0.5) is 0 Å². The zero-order valence-corrected chi connectivity index (χ0v) is 14.8. The monoisotopic (exact) mass is 361 g/mol. The van der Waals surface area contributed by atoms with Gasteiger partial charge in [0.25, 0.3) is 0 Å². The van der Waals surface area contributed by atoms with Crippen molar-refractivity contribution in [2.75, 3.05) is 13.2 Å². The molecule has 1 aromatic rings. The third-order valence-electron chi connectivity index (χ3n) is 5.16. The molecule has 2 aliphatic rings. The van der Waals surface area contributed by atoms with E-state index in [1.165, 1.54) is 19.3 Å². The van der Waals surface area contributed by atoms with Crippen LogP contribution in [-0.4, -0.2) is 51.3 Å². The number of ether oxygens (including phenoxy) is 1. The summed E-state index contributed by atoms with van der Waals surface area (Å²) in [6.45, 7) is 3.27. The summed E-state index contributed by atoms with van der Waals surface area (Å²) in [4.78, 5) is 11.9. The van der Waals surface area contributed by atoms with E-state index in [0.717, 1.165) is 31.6 Å². The third-order valence-corrected chi connectivity index (χ3v) is 5.16. The maximum absolute atomic E-state index is 11.9. The van der Waals surface area contributed by atoms with Crippen LogP contribution in [0, 0.1) is 17.8 Å². The van der Waals surface area contributed by atoms with Crippen LogP contribution in [0.3, 0.4) is 0 Å². The number of esters is 1. The SMILES string of the molecule is CCOC(=O)[C@@H]1C[C@H]2C[C@@H](CCc3nnn[nH]3)CC[C@H]2CN1.Cl.O. The highest BCUT2D eigenvalue weighted by atomic mass is 35.5. The average molecular weight is 362 g/mol. The Morgan fingerprint density at radius 2 is 2.12 bits per heavy atom. The minimum Gasteiger partial charge on any atom is -0.465 e. The summed E-state index contributed by atoms with van der Waals surface area (Å²) < 4.78 is 5.16. The van der Waals surface area contributed by atoms with Crippen molar-refractivity contribution in [3.63, 3.8) is 0 Å². The van der Waals surface area contributed by atoms with E-state index < -0.39 is 0 Å². The third kappa shape index (κ3) is 5.12. The number of aromatic nitrogens is 4. The van der Waals surface area contributed by atoms with Crippen molar-refractivity contribution in [1.29, 1.82) is 0 Å². The van der Waals surface area contributed by atoms with Crippen molar-refractivity contribution in [3.05, 3.63) is 5.82 Å². The van der Waals surface area contributed by atoms with E-state index >= 15 is 0 Å². The van der Waals surface area contributed by atoms with Gasteiger partial charge in [-0.1, -0.05) is 6.42 Å². The van der Waals surface area contributed by atoms with Crippen molar-refractivity contribution < 1.29 is 15.0 Å². The lowest BCUT2D eigenvalue weighted by Gasteiger charge is -2.42.